The van der Waals surface area contributed by atoms with E-state index in [0.717, 1.165) is 18.4 Å². The second-order valence-electron chi connectivity index (χ2n) is 5.80. The van der Waals surface area contributed by atoms with Gasteiger partial charge in [-0.1, -0.05) is 18.2 Å². The summed E-state index contributed by atoms with van der Waals surface area (Å²) in [5, 5.41) is 28.9. The zero-order chi connectivity index (χ0) is 16.6. The number of nitrogens with two attached hydrogens (primary N) is 1. The zero-order valence-corrected chi connectivity index (χ0v) is 12.3. The SMILES string of the molecule is N#CC1=C(N)C(C#N)(C#N)C(c2ccc(F)cc2)C2CCC=C12. The van der Waals surface area contributed by atoms with Crippen LogP contribution in [0.3, 0.4) is 0 Å². The third kappa shape index (κ3) is 1.93. The van der Waals surface area contributed by atoms with Crippen LogP contribution in [0.4, 0.5) is 4.39 Å². The normalized spacial score (nSPS) is 24.9. The van der Waals surface area contributed by atoms with Crippen molar-refractivity contribution in [1.29, 1.82) is 15.8 Å². The van der Waals surface area contributed by atoms with Crippen LogP contribution in [0.2, 0.25) is 0 Å². The van der Waals surface area contributed by atoms with Gasteiger partial charge in [-0.05, 0) is 42.0 Å². The highest BCUT2D eigenvalue weighted by atomic mass is 19.1. The molecule has 1 aromatic carbocycles. The Kier molecular flexibility index (Phi) is 3.40. The molecule has 0 saturated carbocycles. The number of nitrogens with zero attached hydrogens (tertiary/aromatic N) is 3. The minimum absolute atomic E-state index is 0.00345. The molecule has 2 atom stereocenters. The predicted octanol–water partition coefficient (Wildman–Crippen LogP) is 3.03. The molecule has 4 nitrogen and oxygen atoms in total. The van der Waals surface area contributed by atoms with E-state index in [2.05, 4.69) is 6.07 Å². The highest BCUT2D eigenvalue weighted by Gasteiger charge is 2.54. The molecule has 0 aromatic heterocycles. The smallest absolute Gasteiger partial charge is 0.191 e. The number of hydrogen-bond acceptors (Lipinski definition) is 4. The van der Waals surface area contributed by atoms with Crippen LogP contribution >= 0.6 is 0 Å². The molecule has 5 heteroatoms. The first-order valence-corrected chi connectivity index (χ1v) is 7.27. The van der Waals surface area contributed by atoms with Crippen molar-refractivity contribution in [2.24, 2.45) is 17.1 Å². The van der Waals surface area contributed by atoms with E-state index in [0.29, 0.717) is 5.56 Å². The molecule has 3 rings (SSSR count). The van der Waals surface area contributed by atoms with E-state index in [1.807, 2.05) is 18.2 Å². The number of hydrogen-bond donors (Lipinski definition) is 1. The van der Waals surface area contributed by atoms with Crippen LogP contribution < -0.4 is 5.73 Å². The minimum atomic E-state index is -1.62. The van der Waals surface area contributed by atoms with E-state index < -0.39 is 11.3 Å². The molecule has 0 radical (unpaired) electrons. The molecule has 2 unspecified atom stereocenters. The number of rotatable bonds is 1. The second kappa shape index (κ2) is 5.27. The average Bonchev–Trinajstić information content (AvgIpc) is 3.04. The van der Waals surface area contributed by atoms with Crippen LogP contribution in [-0.2, 0) is 0 Å². The first-order chi connectivity index (χ1) is 11.1. The standard InChI is InChI=1S/C18H13FN4/c19-12-6-4-11(5-7-12)16-14-3-1-2-13(14)15(8-20)17(23)18(16,9-21)10-22/h2,4-7,14,16H,1,3,23H2. The lowest BCUT2D eigenvalue weighted by atomic mass is 9.59. The fourth-order valence-corrected chi connectivity index (χ4v) is 3.74. The van der Waals surface area contributed by atoms with Crippen LogP contribution in [-0.4, -0.2) is 0 Å². The number of benzene rings is 1. The van der Waals surface area contributed by atoms with Gasteiger partial charge in [-0.15, -0.1) is 0 Å². The van der Waals surface area contributed by atoms with Gasteiger partial charge < -0.3 is 5.73 Å². The average molecular weight is 304 g/mol. The highest BCUT2D eigenvalue weighted by molar-refractivity contribution is 5.59. The molecule has 0 saturated heterocycles. The molecule has 2 aliphatic carbocycles. The largest absolute Gasteiger partial charge is 0.399 e. The van der Waals surface area contributed by atoms with Gasteiger partial charge >= 0.3 is 0 Å². The summed E-state index contributed by atoms with van der Waals surface area (Å²) in [5.74, 6) is -1.03. The minimum Gasteiger partial charge on any atom is -0.399 e. The maximum atomic E-state index is 13.3. The van der Waals surface area contributed by atoms with Gasteiger partial charge in [0.2, 0.25) is 0 Å². The lowest BCUT2D eigenvalue weighted by Gasteiger charge is -2.40. The molecule has 0 heterocycles. The molecule has 0 aliphatic heterocycles. The van der Waals surface area contributed by atoms with E-state index in [9.17, 15) is 20.2 Å². The molecule has 1 aromatic rings. The predicted molar refractivity (Wildman–Crippen MR) is 80.4 cm³/mol. The van der Waals surface area contributed by atoms with Gasteiger partial charge in [0.1, 0.15) is 11.9 Å². The van der Waals surface area contributed by atoms with Crippen LogP contribution in [0.25, 0.3) is 0 Å². The van der Waals surface area contributed by atoms with Gasteiger partial charge in [0.25, 0.3) is 0 Å². The summed E-state index contributed by atoms with van der Waals surface area (Å²) in [6, 6.07) is 11.9. The summed E-state index contributed by atoms with van der Waals surface area (Å²) in [4.78, 5) is 0. The molecule has 23 heavy (non-hydrogen) atoms. The Balaban J connectivity index is 2.29. The molecule has 2 N–H and O–H groups in total. The maximum Gasteiger partial charge on any atom is 0.191 e. The zero-order valence-electron chi connectivity index (χ0n) is 12.3. The van der Waals surface area contributed by atoms with Crippen LogP contribution in [0, 0.1) is 51.1 Å². The van der Waals surface area contributed by atoms with Gasteiger partial charge in [-0.2, -0.15) is 15.8 Å². The van der Waals surface area contributed by atoms with Crippen molar-refractivity contribution >= 4 is 0 Å². The van der Waals surface area contributed by atoms with Crippen molar-refractivity contribution in [2.75, 3.05) is 0 Å². The van der Waals surface area contributed by atoms with Gasteiger partial charge in [-0.3, -0.25) is 0 Å². The molecular weight excluding hydrogens is 291 g/mol. The van der Waals surface area contributed by atoms with Gasteiger partial charge in [-0.25, -0.2) is 4.39 Å². The third-order valence-electron chi connectivity index (χ3n) is 4.79. The van der Waals surface area contributed by atoms with Crippen molar-refractivity contribution in [2.45, 2.75) is 18.8 Å². The quantitative estimate of drug-likeness (QED) is 0.862. The molecule has 0 bridgehead atoms. The van der Waals surface area contributed by atoms with Crippen molar-refractivity contribution in [3.8, 4) is 18.2 Å². The molecule has 2 aliphatic rings. The Morgan fingerprint density at radius 3 is 2.35 bits per heavy atom. The van der Waals surface area contributed by atoms with Crippen LogP contribution in [0.1, 0.15) is 24.3 Å². The Labute approximate surface area is 133 Å². The van der Waals surface area contributed by atoms with Crippen molar-refractivity contribution in [1.82, 2.24) is 0 Å². The fourth-order valence-electron chi connectivity index (χ4n) is 3.74. The Morgan fingerprint density at radius 2 is 1.78 bits per heavy atom. The summed E-state index contributed by atoms with van der Waals surface area (Å²) >= 11 is 0. The van der Waals surface area contributed by atoms with Gasteiger partial charge in [0.15, 0.2) is 5.41 Å². The molecule has 0 spiro atoms. The molecule has 0 amide bonds. The van der Waals surface area contributed by atoms with Crippen LogP contribution in [0.5, 0.6) is 0 Å². The lowest BCUT2D eigenvalue weighted by molar-refractivity contribution is 0.345. The van der Waals surface area contributed by atoms with Crippen molar-refractivity contribution in [3.63, 3.8) is 0 Å². The highest BCUT2D eigenvalue weighted by Crippen LogP contribution is 2.56. The number of allylic oxidation sites excluding steroid dienone is 4. The van der Waals surface area contributed by atoms with Crippen LogP contribution in [0.15, 0.2) is 47.2 Å². The van der Waals surface area contributed by atoms with E-state index in [1.54, 1.807) is 12.1 Å². The Morgan fingerprint density at radius 1 is 1.13 bits per heavy atom. The number of nitriles is 3. The number of halogens is 1. The fraction of sp³-hybridized carbons (Fsp3) is 0.278. The Hall–Kier alpha value is -3.10. The van der Waals surface area contributed by atoms with Crippen molar-refractivity contribution in [3.05, 3.63) is 58.6 Å². The molecule has 112 valence electrons. The molecule has 0 fully saturated rings. The Bertz CT molecular complexity index is 829. The first-order valence-electron chi connectivity index (χ1n) is 7.27. The van der Waals surface area contributed by atoms with E-state index >= 15 is 0 Å². The van der Waals surface area contributed by atoms with Crippen molar-refractivity contribution < 1.29 is 4.39 Å². The third-order valence-corrected chi connectivity index (χ3v) is 4.79. The van der Waals surface area contributed by atoms with E-state index in [1.165, 1.54) is 12.1 Å². The second-order valence-corrected chi connectivity index (χ2v) is 5.80. The van der Waals surface area contributed by atoms with E-state index in [4.69, 9.17) is 5.73 Å². The lowest BCUT2D eigenvalue weighted by Crippen LogP contribution is -2.41. The summed E-state index contributed by atoms with van der Waals surface area (Å²) in [7, 11) is 0. The van der Waals surface area contributed by atoms with Gasteiger partial charge in [0.05, 0.1) is 23.4 Å². The summed E-state index contributed by atoms with van der Waals surface area (Å²) in [6.07, 6.45) is 3.45. The topological polar surface area (TPSA) is 97.4 Å². The van der Waals surface area contributed by atoms with E-state index in [-0.39, 0.29) is 23.0 Å². The monoisotopic (exact) mass is 304 g/mol. The maximum absolute atomic E-state index is 13.3. The van der Waals surface area contributed by atoms with Gasteiger partial charge in [0, 0.05) is 5.92 Å². The first kappa shape index (κ1) is 14.8. The molecular formula is C18H13FN4. The summed E-state index contributed by atoms with van der Waals surface area (Å²) < 4.78 is 13.3. The summed E-state index contributed by atoms with van der Waals surface area (Å²) in [6.45, 7) is 0. The number of fused-ring (bicyclic) bond motifs is 1. The summed E-state index contributed by atoms with van der Waals surface area (Å²) in [5.41, 5.74) is 6.23.